The number of hydrogen-bond donors (Lipinski definition) is 0. The average molecular weight is 159 g/mol. The summed E-state index contributed by atoms with van der Waals surface area (Å²) in [7, 11) is 1.84. The SMILES string of the molecule is BN1Cc2c(C)cccc2C1=O. The molecule has 0 fully saturated rings. The molecule has 0 unspecified atom stereocenters. The van der Waals surface area contributed by atoms with Crippen molar-refractivity contribution in [3.05, 3.63) is 34.9 Å². The van der Waals surface area contributed by atoms with Crippen molar-refractivity contribution in [3.8, 4) is 0 Å². The Kier molecular flexibility index (Phi) is 1.46. The zero-order chi connectivity index (χ0) is 8.72. The van der Waals surface area contributed by atoms with E-state index in [2.05, 4.69) is 0 Å². The van der Waals surface area contributed by atoms with Gasteiger partial charge in [0.05, 0.1) is 0 Å². The van der Waals surface area contributed by atoms with Crippen LogP contribution in [0.3, 0.4) is 0 Å². The third-order valence-corrected chi connectivity index (χ3v) is 2.38. The lowest BCUT2D eigenvalue weighted by atomic mass is 10.1. The van der Waals surface area contributed by atoms with Crippen molar-refractivity contribution >= 4 is 13.9 Å². The maximum absolute atomic E-state index is 11.5. The number of benzene rings is 1. The van der Waals surface area contributed by atoms with E-state index in [4.69, 9.17) is 0 Å². The lowest BCUT2D eigenvalue weighted by Crippen LogP contribution is -2.19. The number of nitrogens with zero attached hydrogens (tertiary/aromatic N) is 1. The molecule has 2 nitrogen and oxygen atoms in total. The fourth-order valence-corrected chi connectivity index (χ4v) is 1.63. The second kappa shape index (κ2) is 2.37. The fraction of sp³-hybridized carbons (Fsp3) is 0.222. The summed E-state index contributed by atoms with van der Waals surface area (Å²) in [6, 6.07) is 5.88. The minimum atomic E-state index is 0.147. The van der Waals surface area contributed by atoms with Crippen LogP contribution >= 0.6 is 0 Å². The van der Waals surface area contributed by atoms with E-state index in [9.17, 15) is 4.79 Å². The Hall–Kier alpha value is -1.25. The van der Waals surface area contributed by atoms with Crippen LogP contribution in [0.5, 0.6) is 0 Å². The van der Waals surface area contributed by atoms with Gasteiger partial charge in [0.1, 0.15) is 0 Å². The first-order chi connectivity index (χ1) is 5.70. The monoisotopic (exact) mass is 159 g/mol. The van der Waals surface area contributed by atoms with Gasteiger partial charge in [-0.2, -0.15) is 0 Å². The number of rotatable bonds is 0. The first kappa shape index (κ1) is 7.41. The highest BCUT2D eigenvalue weighted by Gasteiger charge is 2.24. The molecular weight excluding hydrogens is 149 g/mol. The third kappa shape index (κ3) is 0.859. The van der Waals surface area contributed by atoms with Crippen LogP contribution in [-0.2, 0) is 6.54 Å². The van der Waals surface area contributed by atoms with Gasteiger partial charge in [0.25, 0.3) is 0 Å². The van der Waals surface area contributed by atoms with Gasteiger partial charge in [-0.25, -0.2) is 0 Å². The summed E-state index contributed by atoms with van der Waals surface area (Å²) in [4.78, 5) is 13.2. The molecule has 1 aliphatic heterocycles. The van der Waals surface area contributed by atoms with Crippen molar-refractivity contribution in [2.24, 2.45) is 0 Å². The molecule has 0 saturated heterocycles. The molecule has 0 radical (unpaired) electrons. The van der Waals surface area contributed by atoms with Crippen molar-refractivity contribution in [1.82, 2.24) is 4.81 Å². The minimum absolute atomic E-state index is 0.147. The molecule has 0 saturated carbocycles. The summed E-state index contributed by atoms with van der Waals surface area (Å²) in [6.07, 6.45) is 0. The summed E-state index contributed by atoms with van der Waals surface area (Å²) in [6.45, 7) is 2.81. The first-order valence-electron chi connectivity index (χ1n) is 4.04. The molecule has 1 aliphatic rings. The molecule has 0 N–H and O–H groups in total. The Bertz CT molecular complexity index is 348. The summed E-state index contributed by atoms with van der Waals surface area (Å²) >= 11 is 0. The summed E-state index contributed by atoms with van der Waals surface area (Å²) in [5.41, 5.74) is 3.27. The predicted octanol–water partition coefficient (Wildman–Crippen LogP) is 0.499. The van der Waals surface area contributed by atoms with Crippen LogP contribution in [0.4, 0.5) is 0 Å². The molecule has 0 bridgehead atoms. The molecule has 0 aromatic heterocycles. The molecule has 1 heterocycles. The van der Waals surface area contributed by atoms with Crippen LogP contribution in [0.15, 0.2) is 18.2 Å². The largest absolute Gasteiger partial charge is 0.386 e. The number of carbonyl (C=O) groups excluding carboxylic acids is 1. The van der Waals surface area contributed by atoms with E-state index in [1.54, 1.807) is 4.81 Å². The second-order valence-electron chi connectivity index (χ2n) is 3.26. The standard InChI is InChI=1S/C9H10BNO/c1-6-3-2-4-7-8(6)5-11(10)9(7)12/h2-4H,5,10H2,1H3. The molecule has 0 atom stereocenters. The lowest BCUT2D eigenvalue weighted by Gasteiger charge is -2.05. The Morgan fingerprint density at radius 1 is 1.50 bits per heavy atom. The van der Waals surface area contributed by atoms with Crippen LogP contribution < -0.4 is 0 Å². The zero-order valence-corrected chi connectivity index (χ0v) is 7.29. The Balaban J connectivity index is 2.61. The third-order valence-electron chi connectivity index (χ3n) is 2.38. The molecule has 1 aromatic carbocycles. The topological polar surface area (TPSA) is 20.3 Å². The minimum Gasteiger partial charge on any atom is -0.386 e. The highest BCUT2D eigenvalue weighted by Crippen LogP contribution is 2.23. The summed E-state index contributed by atoms with van der Waals surface area (Å²) in [5, 5.41) is 0. The molecule has 12 heavy (non-hydrogen) atoms. The Morgan fingerprint density at radius 3 is 2.92 bits per heavy atom. The van der Waals surface area contributed by atoms with Gasteiger partial charge in [0, 0.05) is 12.1 Å². The molecule has 3 heteroatoms. The van der Waals surface area contributed by atoms with E-state index in [1.807, 2.05) is 33.1 Å². The number of hydrogen-bond acceptors (Lipinski definition) is 1. The first-order valence-corrected chi connectivity index (χ1v) is 4.04. The Morgan fingerprint density at radius 2 is 2.25 bits per heavy atom. The van der Waals surface area contributed by atoms with Gasteiger partial charge in [-0.3, -0.25) is 4.79 Å². The summed E-state index contributed by atoms with van der Waals surface area (Å²) < 4.78 is 0. The molecule has 1 aromatic rings. The number of fused-ring (bicyclic) bond motifs is 1. The van der Waals surface area contributed by atoms with Gasteiger partial charge in [-0.05, 0) is 24.1 Å². The van der Waals surface area contributed by atoms with Crippen molar-refractivity contribution < 1.29 is 4.79 Å². The van der Waals surface area contributed by atoms with Gasteiger partial charge < -0.3 is 4.81 Å². The summed E-state index contributed by atoms with van der Waals surface area (Å²) in [5.74, 6) is 0.147. The van der Waals surface area contributed by atoms with Crippen LogP contribution in [0.2, 0.25) is 0 Å². The van der Waals surface area contributed by atoms with E-state index in [-0.39, 0.29) is 5.91 Å². The average Bonchev–Trinajstić information content (AvgIpc) is 2.32. The van der Waals surface area contributed by atoms with Gasteiger partial charge >= 0.3 is 0 Å². The molecule has 0 aliphatic carbocycles. The van der Waals surface area contributed by atoms with Crippen molar-refractivity contribution in [2.45, 2.75) is 13.5 Å². The van der Waals surface area contributed by atoms with Gasteiger partial charge in [0.2, 0.25) is 13.9 Å². The van der Waals surface area contributed by atoms with Crippen LogP contribution in [-0.4, -0.2) is 18.7 Å². The maximum Gasteiger partial charge on any atom is 0.241 e. The van der Waals surface area contributed by atoms with Crippen molar-refractivity contribution in [3.63, 3.8) is 0 Å². The highest BCUT2D eigenvalue weighted by molar-refractivity contribution is 6.20. The lowest BCUT2D eigenvalue weighted by molar-refractivity contribution is 0.0880. The van der Waals surface area contributed by atoms with E-state index in [0.717, 1.165) is 12.1 Å². The van der Waals surface area contributed by atoms with Crippen LogP contribution in [0.25, 0.3) is 0 Å². The van der Waals surface area contributed by atoms with Crippen LogP contribution in [0.1, 0.15) is 21.5 Å². The second-order valence-corrected chi connectivity index (χ2v) is 3.26. The predicted molar refractivity (Wildman–Crippen MR) is 49.6 cm³/mol. The smallest absolute Gasteiger partial charge is 0.241 e. The van der Waals surface area contributed by atoms with E-state index >= 15 is 0 Å². The molecular formula is C9H10BNO. The molecule has 60 valence electrons. The highest BCUT2D eigenvalue weighted by atomic mass is 16.2. The zero-order valence-electron chi connectivity index (χ0n) is 7.29. The molecule has 1 amide bonds. The van der Waals surface area contributed by atoms with Crippen molar-refractivity contribution in [2.75, 3.05) is 0 Å². The van der Waals surface area contributed by atoms with E-state index in [0.29, 0.717) is 0 Å². The Labute approximate surface area is 72.6 Å². The maximum atomic E-state index is 11.5. The number of amides is 1. The van der Waals surface area contributed by atoms with E-state index < -0.39 is 0 Å². The van der Waals surface area contributed by atoms with Crippen molar-refractivity contribution in [1.29, 1.82) is 0 Å². The number of carbonyl (C=O) groups is 1. The fourth-order valence-electron chi connectivity index (χ4n) is 1.63. The van der Waals surface area contributed by atoms with E-state index in [1.165, 1.54) is 11.1 Å². The van der Waals surface area contributed by atoms with Gasteiger partial charge in [0.15, 0.2) is 0 Å². The molecule has 2 rings (SSSR count). The van der Waals surface area contributed by atoms with Gasteiger partial charge in [-0.1, -0.05) is 12.1 Å². The van der Waals surface area contributed by atoms with Gasteiger partial charge in [-0.15, -0.1) is 0 Å². The normalized spacial score (nSPS) is 15.1. The van der Waals surface area contributed by atoms with Crippen LogP contribution in [0, 0.1) is 6.92 Å². The quantitative estimate of drug-likeness (QED) is 0.504. The molecule has 0 spiro atoms. The number of aryl methyl sites for hydroxylation is 1.